The number of nitrogens with one attached hydrogen (secondary N) is 1. The fraction of sp³-hybridized carbons (Fsp3) is 0.917. The number of methoxy groups -OCH3 is 1. The average molecular weight is 293 g/mol. The molecule has 0 radical (unpaired) electrons. The van der Waals surface area contributed by atoms with Crippen LogP contribution in [0.4, 0.5) is 0 Å². The van der Waals surface area contributed by atoms with Gasteiger partial charge in [-0.2, -0.15) is 0 Å². The third kappa shape index (κ3) is 4.15. The van der Waals surface area contributed by atoms with Crippen LogP contribution in [0.1, 0.15) is 39.5 Å². The first-order valence-electron chi connectivity index (χ1n) is 6.52. The lowest BCUT2D eigenvalue weighted by Crippen LogP contribution is -2.45. The molecule has 2 N–H and O–H groups in total. The van der Waals surface area contributed by atoms with Crippen LogP contribution in [0.25, 0.3) is 0 Å². The molecular formula is C12H23NO5S. The Morgan fingerprint density at radius 2 is 2.11 bits per heavy atom. The lowest BCUT2D eigenvalue weighted by atomic mass is 10.1. The number of carbonyl (C=O) groups is 1. The first-order valence-corrected chi connectivity index (χ1v) is 8.07. The Labute approximate surface area is 114 Å². The summed E-state index contributed by atoms with van der Waals surface area (Å²) in [6, 6.07) is 0. The predicted octanol–water partition coefficient (Wildman–Crippen LogP) is 0.408. The number of hydrogen-bond acceptors (Lipinski definition) is 5. The molecule has 0 saturated heterocycles. The molecule has 1 saturated carbocycles. The van der Waals surface area contributed by atoms with Crippen molar-refractivity contribution in [2.24, 2.45) is 5.92 Å². The van der Waals surface area contributed by atoms with E-state index in [0.29, 0.717) is 25.7 Å². The molecule has 0 amide bonds. The summed E-state index contributed by atoms with van der Waals surface area (Å²) in [5.41, 5.74) is -1.08. The second-order valence-corrected chi connectivity index (χ2v) is 7.30. The summed E-state index contributed by atoms with van der Waals surface area (Å²) >= 11 is 0. The zero-order valence-corrected chi connectivity index (χ0v) is 12.5. The van der Waals surface area contributed by atoms with Crippen LogP contribution in [0.15, 0.2) is 0 Å². The van der Waals surface area contributed by atoms with Crippen molar-refractivity contribution in [3.8, 4) is 0 Å². The predicted molar refractivity (Wildman–Crippen MR) is 71.0 cm³/mol. The smallest absolute Gasteiger partial charge is 0.310 e. The van der Waals surface area contributed by atoms with Gasteiger partial charge in [0, 0.05) is 6.54 Å². The van der Waals surface area contributed by atoms with E-state index < -0.39 is 32.8 Å². The van der Waals surface area contributed by atoms with Crippen molar-refractivity contribution >= 4 is 16.0 Å². The number of ether oxygens (including phenoxy) is 1. The molecular weight excluding hydrogens is 270 g/mol. The maximum atomic E-state index is 12.2. The summed E-state index contributed by atoms with van der Waals surface area (Å²) in [6.07, 6.45) is 2.11. The Morgan fingerprint density at radius 3 is 2.63 bits per heavy atom. The summed E-state index contributed by atoms with van der Waals surface area (Å²) in [4.78, 5) is 11.6. The molecule has 3 unspecified atom stereocenters. The van der Waals surface area contributed by atoms with Gasteiger partial charge in [0.2, 0.25) is 10.0 Å². The Bertz CT molecular complexity index is 418. The van der Waals surface area contributed by atoms with Gasteiger partial charge in [-0.25, -0.2) is 13.1 Å². The SMILES string of the molecule is CCC(C)(O)CNS(=O)(=O)C1CCCC1C(=O)OC. The van der Waals surface area contributed by atoms with E-state index in [-0.39, 0.29) is 6.54 Å². The highest BCUT2D eigenvalue weighted by Gasteiger charge is 2.42. The van der Waals surface area contributed by atoms with E-state index in [1.807, 2.05) is 0 Å². The minimum absolute atomic E-state index is 0.0454. The number of esters is 1. The fourth-order valence-corrected chi connectivity index (χ4v) is 4.09. The molecule has 6 nitrogen and oxygen atoms in total. The minimum atomic E-state index is -3.62. The van der Waals surface area contributed by atoms with E-state index in [1.165, 1.54) is 7.11 Å². The lowest BCUT2D eigenvalue weighted by Gasteiger charge is -2.24. The molecule has 0 aromatic heterocycles. The van der Waals surface area contributed by atoms with Gasteiger partial charge in [0.05, 0.1) is 23.9 Å². The second kappa shape index (κ2) is 6.19. The molecule has 0 aliphatic heterocycles. The summed E-state index contributed by atoms with van der Waals surface area (Å²) in [5.74, 6) is -1.08. The van der Waals surface area contributed by atoms with Crippen LogP contribution in [-0.2, 0) is 19.6 Å². The monoisotopic (exact) mass is 293 g/mol. The largest absolute Gasteiger partial charge is 0.469 e. The van der Waals surface area contributed by atoms with Crippen LogP contribution in [0, 0.1) is 5.92 Å². The molecule has 112 valence electrons. The zero-order valence-electron chi connectivity index (χ0n) is 11.7. The van der Waals surface area contributed by atoms with Gasteiger partial charge in [-0.05, 0) is 26.2 Å². The number of rotatable bonds is 6. The standard InChI is InChI=1S/C12H23NO5S/c1-4-12(2,15)8-13-19(16,17)10-7-5-6-9(10)11(14)18-3/h9-10,13,15H,4-8H2,1-3H3. The van der Waals surface area contributed by atoms with Crippen molar-refractivity contribution in [1.29, 1.82) is 0 Å². The molecule has 3 atom stereocenters. The fourth-order valence-electron chi connectivity index (χ4n) is 2.21. The van der Waals surface area contributed by atoms with Crippen molar-refractivity contribution < 1.29 is 23.1 Å². The van der Waals surface area contributed by atoms with Gasteiger partial charge in [-0.15, -0.1) is 0 Å². The quantitative estimate of drug-likeness (QED) is 0.692. The molecule has 1 aliphatic carbocycles. The summed E-state index contributed by atoms with van der Waals surface area (Å²) in [5, 5.41) is 9.08. The van der Waals surface area contributed by atoms with E-state index >= 15 is 0 Å². The van der Waals surface area contributed by atoms with Crippen molar-refractivity contribution in [2.75, 3.05) is 13.7 Å². The zero-order chi connectivity index (χ0) is 14.7. The molecule has 1 aliphatic rings. The van der Waals surface area contributed by atoms with Crippen LogP contribution < -0.4 is 4.72 Å². The van der Waals surface area contributed by atoms with E-state index in [9.17, 15) is 18.3 Å². The van der Waals surface area contributed by atoms with Gasteiger partial charge < -0.3 is 9.84 Å². The van der Waals surface area contributed by atoms with Crippen molar-refractivity contribution in [2.45, 2.75) is 50.4 Å². The van der Waals surface area contributed by atoms with Gasteiger partial charge in [-0.1, -0.05) is 13.3 Å². The van der Waals surface area contributed by atoms with Crippen molar-refractivity contribution in [3.63, 3.8) is 0 Å². The Balaban J connectivity index is 2.74. The van der Waals surface area contributed by atoms with Crippen LogP contribution in [0.5, 0.6) is 0 Å². The molecule has 19 heavy (non-hydrogen) atoms. The molecule has 0 spiro atoms. The highest BCUT2D eigenvalue weighted by Crippen LogP contribution is 2.31. The molecule has 7 heteroatoms. The number of hydrogen-bond donors (Lipinski definition) is 2. The van der Waals surface area contributed by atoms with Crippen LogP contribution >= 0.6 is 0 Å². The van der Waals surface area contributed by atoms with Crippen LogP contribution in [0.2, 0.25) is 0 Å². The molecule has 1 rings (SSSR count). The van der Waals surface area contributed by atoms with Crippen molar-refractivity contribution in [3.05, 3.63) is 0 Å². The van der Waals surface area contributed by atoms with Gasteiger partial charge in [-0.3, -0.25) is 4.79 Å². The summed E-state index contributed by atoms with van der Waals surface area (Å²) in [7, 11) is -2.35. The average Bonchev–Trinajstić information content (AvgIpc) is 2.86. The third-order valence-electron chi connectivity index (χ3n) is 3.77. The third-order valence-corrected chi connectivity index (χ3v) is 5.68. The van der Waals surface area contributed by atoms with E-state index in [1.54, 1.807) is 13.8 Å². The van der Waals surface area contributed by atoms with E-state index in [4.69, 9.17) is 0 Å². The second-order valence-electron chi connectivity index (χ2n) is 5.32. The minimum Gasteiger partial charge on any atom is -0.469 e. The molecule has 1 fully saturated rings. The first-order chi connectivity index (χ1) is 8.73. The maximum absolute atomic E-state index is 12.2. The highest BCUT2D eigenvalue weighted by molar-refractivity contribution is 7.90. The Kier molecular flexibility index (Phi) is 5.34. The van der Waals surface area contributed by atoms with Gasteiger partial charge >= 0.3 is 5.97 Å². The van der Waals surface area contributed by atoms with E-state index in [2.05, 4.69) is 9.46 Å². The summed E-state index contributed by atoms with van der Waals surface area (Å²) < 4.78 is 31.5. The normalized spacial score (nSPS) is 26.9. The molecule has 0 aromatic carbocycles. The summed E-state index contributed by atoms with van der Waals surface area (Å²) in [6.45, 7) is 3.30. The highest BCUT2D eigenvalue weighted by atomic mass is 32.2. The Morgan fingerprint density at radius 1 is 1.47 bits per heavy atom. The molecule has 0 bridgehead atoms. The molecule has 0 heterocycles. The van der Waals surface area contributed by atoms with Crippen LogP contribution in [0.3, 0.4) is 0 Å². The topological polar surface area (TPSA) is 92.7 Å². The van der Waals surface area contributed by atoms with E-state index in [0.717, 1.165) is 0 Å². The molecule has 0 aromatic rings. The number of aliphatic hydroxyl groups is 1. The number of carbonyl (C=O) groups excluding carboxylic acids is 1. The van der Waals surface area contributed by atoms with Gasteiger partial charge in [0.25, 0.3) is 0 Å². The Hall–Kier alpha value is -0.660. The first kappa shape index (κ1) is 16.4. The van der Waals surface area contributed by atoms with Crippen LogP contribution in [-0.4, -0.2) is 44.0 Å². The number of sulfonamides is 1. The lowest BCUT2D eigenvalue weighted by molar-refractivity contribution is -0.145. The van der Waals surface area contributed by atoms with Gasteiger partial charge in [0.15, 0.2) is 0 Å². The maximum Gasteiger partial charge on any atom is 0.310 e. The van der Waals surface area contributed by atoms with Crippen molar-refractivity contribution in [1.82, 2.24) is 4.72 Å². The van der Waals surface area contributed by atoms with Gasteiger partial charge in [0.1, 0.15) is 0 Å².